The van der Waals surface area contributed by atoms with E-state index in [0.29, 0.717) is 12.3 Å². The highest BCUT2D eigenvalue weighted by Crippen LogP contribution is 2.30. The first-order valence-electron chi connectivity index (χ1n) is 10.7. The van der Waals surface area contributed by atoms with Gasteiger partial charge in [-0.3, -0.25) is 14.9 Å². The van der Waals surface area contributed by atoms with Crippen molar-refractivity contribution in [2.75, 3.05) is 18.4 Å². The van der Waals surface area contributed by atoms with Crippen LogP contribution in [0, 0.1) is 0 Å². The summed E-state index contributed by atoms with van der Waals surface area (Å²) in [7, 11) is 0. The number of nitrogens with one attached hydrogen (secondary N) is 2. The van der Waals surface area contributed by atoms with E-state index < -0.39 is 0 Å². The fourth-order valence-electron chi connectivity index (χ4n) is 4.42. The SMILES string of the molecule is CCCC(=O)N1CCC(c2ccc(NC(=O)C3NCc4ccccc43)cc2)CC1. The number of fused-ring (bicyclic) bond motifs is 1. The lowest BCUT2D eigenvalue weighted by atomic mass is 9.89. The van der Waals surface area contributed by atoms with Gasteiger partial charge in [-0.1, -0.05) is 43.3 Å². The van der Waals surface area contributed by atoms with Gasteiger partial charge in [-0.05, 0) is 54.0 Å². The molecule has 2 aliphatic heterocycles. The Labute approximate surface area is 172 Å². The smallest absolute Gasteiger partial charge is 0.246 e. The molecule has 2 aliphatic rings. The number of carbonyl (C=O) groups excluding carboxylic acids is 2. The number of hydrogen-bond donors (Lipinski definition) is 2. The molecular weight excluding hydrogens is 362 g/mol. The Hall–Kier alpha value is -2.66. The minimum Gasteiger partial charge on any atom is -0.343 e. The van der Waals surface area contributed by atoms with E-state index in [0.717, 1.165) is 50.1 Å². The van der Waals surface area contributed by atoms with Gasteiger partial charge in [0.15, 0.2) is 0 Å². The van der Waals surface area contributed by atoms with E-state index >= 15 is 0 Å². The molecule has 0 aromatic heterocycles. The third-order valence-electron chi connectivity index (χ3n) is 6.09. The van der Waals surface area contributed by atoms with E-state index in [4.69, 9.17) is 0 Å². The van der Waals surface area contributed by atoms with E-state index in [1.807, 2.05) is 42.2 Å². The first kappa shape index (κ1) is 19.6. The van der Waals surface area contributed by atoms with Gasteiger partial charge in [0, 0.05) is 31.7 Å². The molecule has 0 bridgehead atoms. The van der Waals surface area contributed by atoms with Crippen LogP contribution in [0.15, 0.2) is 48.5 Å². The van der Waals surface area contributed by atoms with Gasteiger partial charge in [0.1, 0.15) is 6.04 Å². The highest BCUT2D eigenvalue weighted by Gasteiger charge is 2.28. The summed E-state index contributed by atoms with van der Waals surface area (Å²) in [5, 5.41) is 6.32. The van der Waals surface area contributed by atoms with Crippen molar-refractivity contribution < 1.29 is 9.59 Å². The van der Waals surface area contributed by atoms with E-state index in [1.165, 1.54) is 11.1 Å². The Bertz CT molecular complexity index is 870. The predicted octanol–water partition coefficient (Wildman–Crippen LogP) is 3.98. The molecule has 4 rings (SSSR count). The summed E-state index contributed by atoms with van der Waals surface area (Å²) in [5.74, 6) is 0.741. The topological polar surface area (TPSA) is 61.4 Å². The number of likely N-dealkylation sites (tertiary alicyclic amines) is 1. The van der Waals surface area contributed by atoms with E-state index in [1.54, 1.807) is 0 Å². The molecule has 2 heterocycles. The molecule has 2 aromatic rings. The van der Waals surface area contributed by atoms with Crippen LogP contribution in [0.25, 0.3) is 0 Å². The molecule has 0 aliphatic carbocycles. The number of piperidine rings is 1. The van der Waals surface area contributed by atoms with Crippen LogP contribution in [0.2, 0.25) is 0 Å². The molecule has 2 amide bonds. The van der Waals surface area contributed by atoms with Crippen LogP contribution in [0.3, 0.4) is 0 Å². The van der Waals surface area contributed by atoms with Gasteiger partial charge in [0.25, 0.3) is 0 Å². The molecule has 152 valence electrons. The highest BCUT2D eigenvalue weighted by atomic mass is 16.2. The second-order valence-corrected chi connectivity index (χ2v) is 8.03. The van der Waals surface area contributed by atoms with Crippen molar-refractivity contribution in [1.82, 2.24) is 10.2 Å². The van der Waals surface area contributed by atoms with Gasteiger partial charge < -0.3 is 10.2 Å². The molecule has 0 spiro atoms. The normalized spacial score (nSPS) is 19.1. The molecule has 0 radical (unpaired) electrons. The molecule has 5 nitrogen and oxygen atoms in total. The second kappa shape index (κ2) is 8.78. The van der Waals surface area contributed by atoms with Crippen molar-refractivity contribution in [2.24, 2.45) is 0 Å². The summed E-state index contributed by atoms with van der Waals surface area (Å²) in [6.07, 6.45) is 3.57. The number of nitrogens with zero attached hydrogens (tertiary/aromatic N) is 1. The fraction of sp³-hybridized carbons (Fsp3) is 0.417. The average molecular weight is 392 g/mol. The van der Waals surface area contributed by atoms with Crippen LogP contribution < -0.4 is 10.6 Å². The van der Waals surface area contributed by atoms with Crippen LogP contribution in [0.5, 0.6) is 0 Å². The van der Waals surface area contributed by atoms with Crippen molar-refractivity contribution in [3.05, 3.63) is 65.2 Å². The monoisotopic (exact) mass is 391 g/mol. The summed E-state index contributed by atoms with van der Waals surface area (Å²) in [5.41, 5.74) is 4.35. The Morgan fingerprint density at radius 1 is 1.07 bits per heavy atom. The Morgan fingerprint density at radius 2 is 1.79 bits per heavy atom. The lowest BCUT2D eigenvalue weighted by molar-refractivity contribution is -0.132. The van der Waals surface area contributed by atoms with Crippen molar-refractivity contribution in [1.29, 1.82) is 0 Å². The Kier molecular flexibility index (Phi) is 5.95. The summed E-state index contributed by atoms with van der Waals surface area (Å²) in [4.78, 5) is 26.8. The maximum Gasteiger partial charge on any atom is 0.246 e. The standard InChI is InChI=1S/C24H29N3O2/c1-2-5-22(28)27-14-12-18(13-15-27)17-8-10-20(11-9-17)26-24(29)23-21-7-4-3-6-19(21)16-25-23/h3-4,6-11,18,23,25H,2,5,12-16H2,1H3,(H,26,29). The lowest BCUT2D eigenvalue weighted by Crippen LogP contribution is -2.37. The van der Waals surface area contributed by atoms with Crippen LogP contribution in [-0.4, -0.2) is 29.8 Å². The number of benzene rings is 2. The first-order valence-corrected chi connectivity index (χ1v) is 10.7. The molecule has 1 fully saturated rings. The minimum absolute atomic E-state index is 0.0227. The average Bonchev–Trinajstić information content (AvgIpc) is 3.19. The highest BCUT2D eigenvalue weighted by molar-refractivity contribution is 5.96. The van der Waals surface area contributed by atoms with Gasteiger partial charge in [0.05, 0.1) is 0 Å². The van der Waals surface area contributed by atoms with Gasteiger partial charge in [0.2, 0.25) is 11.8 Å². The molecule has 29 heavy (non-hydrogen) atoms. The minimum atomic E-state index is -0.295. The summed E-state index contributed by atoms with van der Waals surface area (Å²) >= 11 is 0. The maximum absolute atomic E-state index is 12.7. The second-order valence-electron chi connectivity index (χ2n) is 8.03. The lowest BCUT2D eigenvalue weighted by Gasteiger charge is -2.32. The summed E-state index contributed by atoms with van der Waals surface area (Å²) in [6, 6.07) is 16.0. The van der Waals surface area contributed by atoms with Crippen LogP contribution >= 0.6 is 0 Å². The van der Waals surface area contributed by atoms with Crippen LogP contribution in [0.4, 0.5) is 5.69 Å². The zero-order valence-electron chi connectivity index (χ0n) is 17.0. The fourth-order valence-corrected chi connectivity index (χ4v) is 4.42. The molecule has 2 aromatic carbocycles. The molecule has 1 saturated heterocycles. The van der Waals surface area contributed by atoms with E-state index in [-0.39, 0.29) is 17.9 Å². The van der Waals surface area contributed by atoms with Gasteiger partial charge in [-0.15, -0.1) is 0 Å². The van der Waals surface area contributed by atoms with Gasteiger partial charge in [-0.2, -0.15) is 0 Å². The maximum atomic E-state index is 12.7. The van der Waals surface area contributed by atoms with Crippen LogP contribution in [-0.2, 0) is 16.1 Å². The van der Waals surface area contributed by atoms with E-state index in [9.17, 15) is 9.59 Å². The quantitative estimate of drug-likeness (QED) is 0.811. The largest absolute Gasteiger partial charge is 0.343 e. The summed E-state index contributed by atoms with van der Waals surface area (Å²) in [6.45, 7) is 4.46. The Morgan fingerprint density at radius 3 is 2.52 bits per heavy atom. The number of anilines is 1. The van der Waals surface area contributed by atoms with Crippen molar-refractivity contribution in [2.45, 2.75) is 51.1 Å². The molecule has 0 saturated carbocycles. The third-order valence-corrected chi connectivity index (χ3v) is 6.09. The predicted molar refractivity (Wildman–Crippen MR) is 115 cm³/mol. The van der Waals surface area contributed by atoms with Gasteiger partial charge in [-0.25, -0.2) is 0 Å². The molecular formula is C24H29N3O2. The molecule has 1 unspecified atom stereocenters. The van der Waals surface area contributed by atoms with Crippen molar-refractivity contribution >= 4 is 17.5 Å². The van der Waals surface area contributed by atoms with Crippen molar-refractivity contribution in [3.8, 4) is 0 Å². The summed E-state index contributed by atoms with van der Waals surface area (Å²) < 4.78 is 0. The Balaban J connectivity index is 1.33. The number of amides is 2. The van der Waals surface area contributed by atoms with E-state index in [2.05, 4.69) is 28.8 Å². The number of rotatable bonds is 5. The van der Waals surface area contributed by atoms with Crippen molar-refractivity contribution in [3.63, 3.8) is 0 Å². The number of carbonyl (C=O) groups is 2. The van der Waals surface area contributed by atoms with Crippen LogP contribution in [0.1, 0.15) is 61.3 Å². The van der Waals surface area contributed by atoms with Gasteiger partial charge >= 0.3 is 0 Å². The number of hydrogen-bond acceptors (Lipinski definition) is 3. The molecule has 5 heteroatoms. The third kappa shape index (κ3) is 4.35. The molecule has 1 atom stereocenters. The zero-order valence-corrected chi connectivity index (χ0v) is 17.0. The molecule has 2 N–H and O–H groups in total. The first-order chi connectivity index (χ1) is 14.2. The zero-order chi connectivity index (χ0) is 20.2.